The summed E-state index contributed by atoms with van der Waals surface area (Å²) >= 11 is 0. The molecule has 0 spiro atoms. The normalized spacial score (nSPS) is 19.7. The Bertz CT molecular complexity index is 181. The van der Waals surface area contributed by atoms with Crippen molar-refractivity contribution in [1.29, 1.82) is 0 Å². The number of likely N-dealkylation sites (N-methyl/N-ethyl adjacent to an activating group) is 2. The number of rotatable bonds is 1. The van der Waals surface area contributed by atoms with E-state index in [1.165, 1.54) is 13.8 Å². The summed E-state index contributed by atoms with van der Waals surface area (Å²) < 4.78 is 0. The van der Waals surface area contributed by atoms with Crippen molar-refractivity contribution in [2.24, 2.45) is 0 Å². The van der Waals surface area contributed by atoms with Gasteiger partial charge in [0.25, 0.3) is 0 Å². The summed E-state index contributed by atoms with van der Waals surface area (Å²) in [5, 5.41) is 0. The molecule has 1 aliphatic rings. The van der Waals surface area contributed by atoms with Crippen LogP contribution in [0, 0.1) is 0 Å². The Morgan fingerprint density at radius 2 is 1.57 bits per heavy atom. The Hall–Kier alpha value is -0.740. The average Bonchev–Trinajstić information content (AvgIpc) is 2.03. The van der Waals surface area contributed by atoms with Crippen molar-refractivity contribution in [2.45, 2.75) is 26.4 Å². The molecule has 0 saturated carbocycles. The molecule has 1 saturated heterocycles. The van der Waals surface area contributed by atoms with Crippen LogP contribution >= 0.6 is 0 Å². The molecule has 0 N–H and O–H groups in total. The first-order valence-electron chi connectivity index (χ1n) is 4.82. The summed E-state index contributed by atoms with van der Waals surface area (Å²) in [5.41, 5.74) is 0. The third-order valence-corrected chi connectivity index (χ3v) is 2.05. The highest BCUT2D eigenvalue weighted by molar-refractivity contribution is 5.72. The van der Waals surface area contributed by atoms with E-state index < -0.39 is 0 Å². The molecule has 4 nitrogen and oxygen atoms in total. The van der Waals surface area contributed by atoms with Gasteiger partial charge >= 0.3 is 0 Å². The Labute approximate surface area is 85.9 Å². The van der Waals surface area contributed by atoms with E-state index in [1.54, 1.807) is 0 Å². The van der Waals surface area contributed by atoms with E-state index in [-0.39, 0.29) is 11.9 Å². The SMILES string of the molecule is CC(C)=O.CN1CCCN(C)C1C=O. The van der Waals surface area contributed by atoms with E-state index in [2.05, 4.69) is 9.80 Å². The topological polar surface area (TPSA) is 40.6 Å². The second-order valence-corrected chi connectivity index (χ2v) is 3.77. The largest absolute Gasteiger partial charge is 0.300 e. The van der Waals surface area contributed by atoms with Gasteiger partial charge in [0.15, 0.2) is 6.29 Å². The van der Waals surface area contributed by atoms with Crippen LogP contribution in [-0.4, -0.2) is 55.2 Å². The van der Waals surface area contributed by atoms with Crippen LogP contribution in [0.2, 0.25) is 0 Å². The molecule has 0 atom stereocenters. The second kappa shape index (κ2) is 6.68. The third-order valence-electron chi connectivity index (χ3n) is 2.05. The molecule has 0 aliphatic carbocycles. The van der Waals surface area contributed by atoms with Crippen LogP contribution < -0.4 is 0 Å². The molecular formula is C10H20N2O2. The number of Topliss-reactive ketones (excluding diaryl/α,β-unsaturated/α-hetero) is 1. The molecule has 0 radical (unpaired) electrons. The van der Waals surface area contributed by atoms with E-state index in [1.807, 2.05) is 14.1 Å². The van der Waals surface area contributed by atoms with Gasteiger partial charge in [0, 0.05) is 13.1 Å². The molecular weight excluding hydrogens is 180 g/mol. The summed E-state index contributed by atoms with van der Waals surface area (Å²) in [6, 6.07) is 0. The smallest absolute Gasteiger partial charge is 0.151 e. The maximum absolute atomic E-state index is 10.5. The van der Waals surface area contributed by atoms with Crippen molar-refractivity contribution in [3.8, 4) is 0 Å². The van der Waals surface area contributed by atoms with Gasteiger partial charge in [-0.15, -0.1) is 0 Å². The first kappa shape index (κ1) is 13.3. The lowest BCUT2D eigenvalue weighted by molar-refractivity contribution is -0.119. The molecule has 0 aromatic rings. The quantitative estimate of drug-likeness (QED) is 0.574. The molecule has 0 aromatic carbocycles. The van der Waals surface area contributed by atoms with Gasteiger partial charge in [-0.25, -0.2) is 0 Å². The summed E-state index contributed by atoms with van der Waals surface area (Å²) in [5.74, 6) is 0.167. The predicted octanol–water partition coefficient (Wildman–Crippen LogP) is 0.374. The molecule has 82 valence electrons. The van der Waals surface area contributed by atoms with Gasteiger partial charge in [0.1, 0.15) is 11.9 Å². The highest BCUT2D eigenvalue weighted by Crippen LogP contribution is 2.07. The molecule has 1 fully saturated rings. The highest BCUT2D eigenvalue weighted by Gasteiger charge is 2.22. The van der Waals surface area contributed by atoms with Gasteiger partial charge in [-0.1, -0.05) is 0 Å². The van der Waals surface area contributed by atoms with Crippen LogP contribution in [0.25, 0.3) is 0 Å². The van der Waals surface area contributed by atoms with E-state index in [4.69, 9.17) is 0 Å². The van der Waals surface area contributed by atoms with Gasteiger partial charge in [-0.3, -0.25) is 9.80 Å². The fraction of sp³-hybridized carbons (Fsp3) is 0.800. The lowest BCUT2D eigenvalue weighted by atomic mass is 10.2. The number of nitrogens with zero attached hydrogens (tertiary/aromatic N) is 2. The van der Waals surface area contributed by atoms with Gasteiger partial charge in [-0.05, 0) is 34.4 Å². The molecule has 0 unspecified atom stereocenters. The summed E-state index contributed by atoms with van der Waals surface area (Å²) in [6.45, 7) is 5.13. The van der Waals surface area contributed by atoms with Crippen molar-refractivity contribution >= 4 is 12.1 Å². The van der Waals surface area contributed by atoms with Gasteiger partial charge in [0.05, 0.1) is 0 Å². The highest BCUT2D eigenvalue weighted by atomic mass is 16.1. The summed E-state index contributed by atoms with van der Waals surface area (Å²) in [6.07, 6.45) is 2.17. The molecule has 1 rings (SSSR count). The van der Waals surface area contributed by atoms with Gasteiger partial charge in [-0.2, -0.15) is 0 Å². The van der Waals surface area contributed by atoms with Gasteiger partial charge in [0.2, 0.25) is 0 Å². The fourth-order valence-electron chi connectivity index (χ4n) is 1.38. The Morgan fingerprint density at radius 1 is 1.21 bits per heavy atom. The standard InChI is InChI=1S/C7H14N2O.C3H6O/c1-8-4-3-5-9(2)7(8)6-10;1-3(2)4/h6-7H,3-5H2,1-2H3;1-2H3. The minimum atomic E-state index is 0.00810. The minimum Gasteiger partial charge on any atom is -0.300 e. The predicted molar refractivity (Wildman–Crippen MR) is 56.1 cm³/mol. The zero-order valence-electron chi connectivity index (χ0n) is 9.49. The summed E-state index contributed by atoms with van der Waals surface area (Å²) in [7, 11) is 3.96. The van der Waals surface area contributed by atoms with E-state index in [9.17, 15) is 9.59 Å². The van der Waals surface area contributed by atoms with Crippen LogP contribution in [-0.2, 0) is 9.59 Å². The lowest BCUT2D eigenvalue weighted by Gasteiger charge is -2.36. The second-order valence-electron chi connectivity index (χ2n) is 3.77. The molecule has 1 aliphatic heterocycles. The number of ketones is 1. The maximum Gasteiger partial charge on any atom is 0.151 e. The first-order valence-corrected chi connectivity index (χ1v) is 4.82. The van der Waals surface area contributed by atoms with Crippen molar-refractivity contribution in [1.82, 2.24) is 9.80 Å². The van der Waals surface area contributed by atoms with E-state index >= 15 is 0 Å². The number of hydrogen-bond donors (Lipinski definition) is 0. The number of hydrogen-bond acceptors (Lipinski definition) is 4. The number of carbonyl (C=O) groups is 2. The van der Waals surface area contributed by atoms with Crippen LogP contribution in [0.15, 0.2) is 0 Å². The van der Waals surface area contributed by atoms with Crippen LogP contribution in [0.1, 0.15) is 20.3 Å². The Morgan fingerprint density at radius 3 is 1.79 bits per heavy atom. The zero-order valence-corrected chi connectivity index (χ0v) is 9.49. The molecule has 0 amide bonds. The third kappa shape index (κ3) is 5.09. The molecule has 4 heteroatoms. The Balaban J connectivity index is 0.000000364. The van der Waals surface area contributed by atoms with Crippen molar-refractivity contribution in [3.05, 3.63) is 0 Å². The van der Waals surface area contributed by atoms with Crippen molar-refractivity contribution in [3.63, 3.8) is 0 Å². The van der Waals surface area contributed by atoms with Crippen LogP contribution in [0.3, 0.4) is 0 Å². The molecule has 0 bridgehead atoms. The summed E-state index contributed by atoms with van der Waals surface area (Å²) in [4.78, 5) is 24.1. The zero-order chi connectivity index (χ0) is 11.1. The molecule has 1 heterocycles. The van der Waals surface area contributed by atoms with E-state index in [0.29, 0.717) is 0 Å². The monoisotopic (exact) mass is 200 g/mol. The van der Waals surface area contributed by atoms with Gasteiger partial charge < -0.3 is 9.59 Å². The van der Waals surface area contributed by atoms with E-state index in [0.717, 1.165) is 25.8 Å². The fourth-order valence-corrected chi connectivity index (χ4v) is 1.38. The number of carbonyl (C=O) groups excluding carboxylic acids is 2. The number of aldehydes is 1. The average molecular weight is 200 g/mol. The van der Waals surface area contributed by atoms with Crippen molar-refractivity contribution < 1.29 is 9.59 Å². The van der Waals surface area contributed by atoms with Crippen LogP contribution in [0.5, 0.6) is 0 Å². The first-order chi connectivity index (χ1) is 6.49. The lowest BCUT2D eigenvalue weighted by Crippen LogP contribution is -2.51. The van der Waals surface area contributed by atoms with Crippen LogP contribution in [0.4, 0.5) is 0 Å². The van der Waals surface area contributed by atoms with Crippen molar-refractivity contribution in [2.75, 3.05) is 27.2 Å². The molecule has 14 heavy (non-hydrogen) atoms. The maximum atomic E-state index is 10.5. The Kier molecular flexibility index (Phi) is 6.32. The minimum absolute atomic E-state index is 0.00810. The molecule has 0 aromatic heterocycles.